The van der Waals surface area contributed by atoms with Crippen molar-refractivity contribution < 1.29 is 5.11 Å². The van der Waals surface area contributed by atoms with Gasteiger partial charge in [-0.05, 0) is 29.9 Å². The summed E-state index contributed by atoms with van der Waals surface area (Å²) >= 11 is 0. The van der Waals surface area contributed by atoms with Crippen molar-refractivity contribution in [1.29, 1.82) is 0 Å². The van der Waals surface area contributed by atoms with Crippen LogP contribution in [0.2, 0.25) is 0 Å². The second-order valence-corrected chi connectivity index (χ2v) is 4.63. The highest BCUT2D eigenvalue weighted by Gasteiger charge is 2.40. The van der Waals surface area contributed by atoms with Gasteiger partial charge in [0.1, 0.15) is 0 Å². The summed E-state index contributed by atoms with van der Waals surface area (Å²) in [6.07, 6.45) is 2.22. The van der Waals surface area contributed by atoms with E-state index in [0.29, 0.717) is 5.92 Å². The van der Waals surface area contributed by atoms with Crippen molar-refractivity contribution in [2.24, 2.45) is 5.92 Å². The van der Waals surface area contributed by atoms with Crippen LogP contribution in [0, 0.1) is 5.92 Å². The third kappa shape index (κ3) is 1.19. The lowest BCUT2D eigenvalue weighted by molar-refractivity contribution is 0.150. The van der Waals surface area contributed by atoms with Crippen LogP contribution in [0.5, 0.6) is 0 Å². The van der Waals surface area contributed by atoms with Crippen LogP contribution in [0.4, 0.5) is 0 Å². The Bertz CT molecular complexity index is 330. The monoisotopic (exact) mass is 190 g/mol. The molecule has 1 aliphatic rings. The van der Waals surface area contributed by atoms with E-state index in [2.05, 4.69) is 38.1 Å². The first kappa shape index (κ1) is 9.72. The predicted molar refractivity (Wildman–Crippen MR) is 58.4 cm³/mol. The van der Waals surface area contributed by atoms with E-state index in [9.17, 15) is 5.11 Å². The second-order valence-electron chi connectivity index (χ2n) is 4.63. The van der Waals surface area contributed by atoms with E-state index in [-0.39, 0.29) is 12.0 Å². The number of rotatable bonds is 2. The molecule has 1 unspecified atom stereocenters. The standard InChI is InChI=1S/C13H18O/c1-10(2)13(9-14)8-7-11-5-3-4-6-12(11)13/h3-6,10,14H,7-9H2,1-2H3. The van der Waals surface area contributed by atoms with Crippen LogP contribution in [0.1, 0.15) is 31.4 Å². The molecule has 1 nitrogen and oxygen atoms in total. The van der Waals surface area contributed by atoms with Crippen LogP contribution < -0.4 is 0 Å². The summed E-state index contributed by atoms with van der Waals surface area (Å²) < 4.78 is 0. The zero-order valence-electron chi connectivity index (χ0n) is 8.96. The lowest BCUT2D eigenvalue weighted by Gasteiger charge is -2.32. The predicted octanol–water partition coefficient (Wildman–Crippen LogP) is 2.52. The van der Waals surface area contributed by atoms with Crippen molar-refractivity contribution in [3.63, 3.8) is 0 Å². The second kappa shape index (κ2) is 3.39. The van der Waals surface area contributed by atoms with Gasteiger partial charge in [0.2, 0.25) is 0 Å². The Hall–Kier alpha value is -0.820. The van der Waals surface area contributed by atoms with Crippen LogP contribution in [0.15, 0.2) is 24.3 Å². The molecule has 1 aliphatic carbocycles. The number of hydrogen-bond acceptors (Lipinski definition) is 1. The molecular formula is C13H18O. The quantitative estimate of drug-likeness (QED) is 0.759. The maximum Gasteiger partial charge on any atom is 0.0530 e. The van der Waals surface area contributed by atoms with Crippen molar-refractivity contribution >= 4 is 0 Å². The summed E-state index contributed by atoms with van der Waals surface area (Å²) in [7, 11) is 0. The number of hydrogen-bond donors (Lipinski definition) is 1. The lowest BCUT2D eigenvalue weighted by atomic mass is 9.73. The average molecular weight is 190 g/mol. The SMILES string of the molecule is CC(C)C1(CO)CCc2ccccc21. The van der Waals surface area contributed by atoms with E-state index in [4.69, 9.17) is 0 Å². The smallest absolute Gasteiger partial charge is 0.0530 e. The molecule has 0 saturated heterocycles. The van der Waals surface area contributed by atoms with Gasteiger partial charge >= 0.3 is 0 Å². The Morgan fingerprint density at radius 2 is 2.07 bits per heavy atom. The van der Waals surface area contributed by atoms with Crippen LogP contribution in [-0.4, -0.2) is 11.7 Å². The maximum absolute atomic E-state index is 9.63. The Morgan fingerprint density at radius 1 is 1.36 bits per heavy atom. The zero-order valence-corrected chi connectivity index (χ0v) is 8.96. The van der Waals surface area contributed by atoms with E-state index >= 15 is 0 Å². The molecule has 0 saturated carbocycles. The molecule has 1 aromatic carbocycles. The van der Waals surface area contributed by atoms with Crippen molar-refractivity contribution in [1.82, 2.24) is 0 Å². The third-order valence-corrected chi connectivity index (χ3v) is 3.78. The molecule has 0 spiro atoms. The van der Waals surface area contributed by atoms with E-state index in [1.165, 1.54) is 11.1 Å². The van der Waals surface area contributed by atoms with E-state index < -0.39 is 0 Å². The highest BCUT2D eigenvalue weighted by molar-refractivity contribution is 5.39. The molecule has 1 heteroatoms. The molecule has 1 N–H and O–H groups in total. The largest absolute Gasteiger partial charge is 0.395 e. The molecule has 0 fully saturated rings. The summed E-state index contributed by atoms with van der Waals surface area (Å²) in [5.41, 5.74) is 2.82. The minimum atomic E-state index is 0.0244. The molecule has 1 aromatic rings. The van der Waals surface area contributed by atoms with E-state index in [0.717, 1.165) is 12.8 Å². The molecule has 0 aromatic heterocycles. The Morgan fingerprint density at radius 3 is 2.71 bits per heavy atom. The lowest BCUT2D eigenvalue weighted by Crippen LogP contribution is -2.33. The van der Waals surface area contributed by atoms with Crippen molar-refractivity contribution in [2.75, 3.05) is 6.61 Å². The van der Waals surface area contributed by atoms with Gasteiger partial charge in [0.15, 0.2) is 0 Å². The summed E-state index contributed by atoms with van der Waals surface area (Å²) in [5.74, 6) is 0.510. The van der Waals surface area contributed by atoms with Crippen LogP contribution in [-0.2, 0) is 11.8 Å². The molecule has 0 aliphatic heterocycles. The molecule has 0 radical (unpaired) electrons. The fraction of sp³-hybridized carbons (Fsp3) is 0.538. The fourth-order valence-electron chi connectivity index (χ4n) is 2.66. The normalized spacial score (nSPS) is 25.4. The maximum atomic E-state index is 9.63. The molecule has 0 bridgehead atoms. The fourth-order valence-corrected chi connectivity index (χ4v) is 2.66. The van der Waals surface area contributed by atoms with Gasteiger partial charge < -0.3 is 5.11 Å². The van der Waals surface area contributed by atoms with Gasteiger partial charge in [-0.15, -0.1) is 0 Å². The van der Waals surface area contributed by atoms with Crippen molar-refractivity contribution in [3.8, 4) is 0 Å². The highest BCUT2D eigenvalue weighted by Crippen LogP contribution is 2.43. The van der Waals surface area contributed by atoms with Gasteiger partial charge in [0.05, 0.1) is 6.61 Å². The van der Waals surface area contributed by atoms with Gasteiger partial charge in [-0.25, -0.2) is 0 Å². The summed E-state index contributed by atoms with van der Waals surface area (Å²) in [4.78, 5) is 0. The Kier molecular flexibility index (Phi) is 2.36. The van der Waals surface area contributed by atoms with Crippen LogP contribution in [0.25, 0.3) is 0 Å². The topological polar surface area (TPSA) is 20.2 Å². The minimum Gasteiger partial charge on any atom is -0.395 e. The summed E-state index contributed by atoms with van der Waals surface area (Å²) in [6.45, 7) is 4.69. The van der Waals surface area contributed by atoms with E-state index in [1.54, 1.807) is 0 Å². The average Bonchev–Trinajstić information content (AvgIpc) is 2.57. The first-order valence-electron chi connectivity index (χ1n) is 5.40. The molecule has 0 amide bonds. The summed E-state index contributed by atoms with van der Waals surface area (Å²) in [6, 6.07) is 8.54. The van der Waals surface area contributed by atoms with Gasteiger partial charge in [-0.2, -0.15) is 0 Å². The molecule has 76 valence electrons. The Balaban J connectivity index is 2.50. The third-order valence-electron chi connectivity index (χ3n) is 3.78. The summed E-state index contributed by atoms with van der Waals surface area (Å²) in [5, 5.41) is 9.63. The zero-order chi connectivity index (χ0) is 10.2. The molecule has 0 heterocycles. The van der Waals surface area contributed by atoms with Gasteiger partial charge in [-0.1, -0.05) is 38.1 Å². The molecule has 2 rings (SSSR count). The Labute approximate surface area is 85.8 Å². The van der Waals surface area contributed by atoms with Crippen molar-refractivity contribution in [3.05, 3.63) is 35.4 Å². The first-order valence-corrected chi connectivity index (χ1v) is 5.40. The molecule has 1 atom stereocenters. The first-order chi connectivity index (χ1) is 6.70. The van der Waals surface area contributed by atoms with Crippen molar-refractivity contribution in [2.45, 2.75) is 32.1 Å². The van der Waals surface area contributed by atoms with Gasteiger partial charge in [-0.3, -0.25) is 0 Å². The number of benzene rings is 1. The number of aryl methyl sites for hydroxylation is 1. The molecular weight excluding hydrogens is 172 g/mol. The van der Waals surface area contributed by atoms with E-state index in [1.807, 2.05) is 0 Å². The number of fused-ring (bicyclic) bond motifs is 1. The molecule has 14 heavy (non-hydrogen) atoms. The number of aliphatic hydroxyl groups is 1. The van der Waals surface area contributed by atoms with Crippen LogP contribution >= 0.6 is 0 Å². The van der Waals surface area contributed by atoms with Crippen LogP contribution in [0.3, 0.4) is 0 Å². The van der Waals surface area contributed by atoms with Gasteiger partial charge in [0.25, 0.3) is 0 Å². The highest BCUT2D eigenvalue weighted by atomic mass is 16.3. The minimum absolute atomic E-state index is 0.0244. The number of aliphatic hydroxyl groups excluding tert-OH is 1. The van der Waals surface area contributed by atoms with Gasteiger partial charge in [0, 0.05) is 5.41 Å².